The number of aromatic nitrogens is 3. The van der Waals surface area contributed by atoms with Crippen molar-refractivity contribution in [3.63, 3.8) is 0 Å². The highest BCUT2D eigenvalue weighted by atomic mass is 15.3. The average Bonchev–Trinajstić information content (AvgIpc) is 2.46. The number of rotatable bonds is 1. The lowest BCUT2D eigenvalue weighted by Crippen LogP contribution is -2.01. The standard InChI is InChI=1S/C11H13N3/c1-8-7-12-5-4-11(8)14-10(3)6-9(2)13-14/h4-7H,1-3H3. The van der Waals surface area contributed by atoms with Crippen LogP contribution in [-0.2, 0) is 0 Å². The van der Waals surface area contributed by atoms with Crippen LogP contribution in [0.25, 0.3) is 5.69 Å². The Bertz CT molecular complexity index is 457. The number of hydrogen-bond acceptors (Lipinski definition) is 2. The Balaban J connectivity index is 2.60. The second kappa shape index (κ2) is 3.25. The molecule has 0 amide bonds. The van der Waals surface area contributed by atoms with Crippen molar-refractivity contribution in [2.45, 2.75) is 20.8 Å². The molecule has 0 radical (unpaired) electrons. The lowest BCUT2D eigenvalue weighted by Gasteiger charge is -2.06. The van der Waals surface area contributed by atoms with Gasteiger partial charge < -0.3 is 0 Å². The van der Waals surface area contributed by atoms with Crippen LogP contribution < -0.4 is 0 Å². The van der Waals surface area contributed by atoms with Gasteiger partial charge in [-0.3, -0.25) is 4.98 Å². The van der Waals surface area contributed by atoms with Gasteiger partial charge in [-0.05, 0) is 38.5 Å². The summed E-state index contributed by atoms with van der Waals surface area (Å²) in [5.74, 6) is 0. The second-order valence-corrected chi connectivity index (χ2v) is 3.50. The van der Waals surface area contributed by atoms with Crippen molar-refractivity contribution in [3.05, 3.63) is 41.5 Å². The molecule has 0 N–H and O–H groups in total. The van der Waals surface area contributed by atoms with Gasteiger partial charge in [-0.1, -0.05) is 0 Å². The first kappa shape index (κ1) is 8.94. The molecule has 3 nitrogen and oxygen atoms in total. The van der Waals surface area contributed by atoms with E-state index >= 15 is 0 Å². The van der Waals surface area contributed by atoms with E-state index in [-0.39, 0.29) is 0 Å². The number of hydrogen-bond donors (Lipinski definition) is 0. The molecule has 0 aliphatic heterocycles. The largest absolute Gasteiger partial charge is 0.264 e. The van der Waals surface area contributed by atoms with Crippen LogP contribution in [0.1, 0.15) is 17.0 Å². The number of nitrogens with zero attached hydrogens (tertiary/aromatic N) is 3. The van der Waals surface area contributed by atoms with Crippen molar-refractivity contribution in [3.8, 4) is 5.69 Å². The summed E-state index contributed by atoms with van der Waals surface area (Å²) >= 11 is 0. The van der Waals surface area contributed by atoms with E-state index in [4.69, 9.17) is 0 Å². The minimum atomic E-state index is 1.04. The minimum absolute atomic E-state index is 1.04. The molecule has 3 heteroatoms. The zero-order valence-corrected chi connectivity index (χ0v) is 8.65. The number of pyridine rings is 1. The van der Waals surface area contributed by atoms with Gasteiger partial charge in [0.25, 0.3) is 0 Å². The monoisotopic (exact) mass is 187 g/mol. The summed E-state index contributed by atoms with van der Waals surface area (Å²) in [5, 5.41) is 4.43. The summed E-state index contributed by atoms with van der Waals surface area (Å²) in [6, 6.07) is 4.05. The average molecular weight is 187 g/mol. The van der Waals surface area contributed by atoms with Crippen LogP contribution in [0.15, 0.2) is 24.5 Å². The smallest absolute Gasteiger partial charge is 0.0708 e. The first-order valence-electron chi connectivity index (χ1n) is 4.63. The Hall–Kier alpha value is -1.64. The summed E-state index contributed by atoms with van der Waals surface area (Å²) < 4.78 is 1.95. The zero-order valence-electron chi connectivity index (χ0n) is 8.65. The van der Waals surface area contributed by atoms with Crippen LogP contribution in [0.5, 0.6) is 0 Å². The molecule has 0 aliphatic carbocycles. The van der Waals surface area contributed by atoms with Gasteiger partial charge in [-0.15, -0.1) is 0 Å². The van der Waals surface area contributed by atoms with E-state index in [9.17, 15) is 0 Å². The molecule has 0 saturated heterocycles. The molecule has 2 aromatic rings. The van der Waals surface area contributed by atoms with E-state index in [1.165, 1.54) is 0 Å². The van der Waals surface area contributed by atoms with Gasteiger partial charge in [0.2, 0.25) is 0 Å². The summed E-state index contributed by atoms with van der Waals surface area (Å²) in [4.78, 5) is 4.07. The Morgan fingerprint density at radius 2 is 2.00 bits per heavy atom. The zero-order chi connectivity index (χ0) is 10.1. The van der Waals surface area contributed by atoms with E-state index in [1.54, 1.807) is 6.20 Å². The number of aryl methyl sites for hydroxylation is 3. The first-order chi connectivity index (χ1) is 6.68. The minimum Gasteiger partial charge on any atom is -0.264 e. The van der Waals surface area contributed by atoms with E-state index in [1.807, 2.05) is 30.8 Å². The highest BCUT2D eigenvalue weighted by Crippen LogP contribution is 2.14. The fourth-order valence-corrected chi connectivity index (χ4v) is 1.58. The van der Waals surface area contributed by atoms with E-state index in [0.29, 0.717) is 0 Å². The van der Waals surface area contributed by atoms with E-state index < -0.39 is 0 Å². The van der Waals surface area contributed by atoms with Crippen molar-refractivity contribution >= 4 is 0 Å². The molecule has 0 saturated carbocycles. The van der Waals surface area contributed by atoms with Crippen LogP contribution in [0.2, 0.25) is 0 Å². The molecule has 0 spiro atoms. The Morgan fingerprint density at radius 3 is 2.57 bits per heavy atom. The van der Waals surface area contributed by atoms with E-state index in [0.717, 1.165) is 22.6 Å². The highest BCUT2D eigenvalue weighted by Gasteiger charge is 2.05. The van der Waals surface area contributed by atoms with Crippen molar-refractivity contribution in [2.24, 2.45) is 0 Å². The predicted molar refractivity (Wildman–Crippen MR) is 55.6 cm³/mol. The fourth-order valence-electron chi connectivity index (χ4n) is 1.58. The maximum atomic E-state index is 4.43. The van der Waals surface area contributed by atoms with Gasteiger partial charge in [0.05, 0.1) is 11.4 Å². The van der Waals surface area contributed by atoms with Crippen molar-refractivity contribution < 1.29 is 0 Å². The third-order valence-electron chi connectivity index (χ3n) is 2.23. The maximum Gasteiger partial charge on any atom is 0.0708 e. The van der Waals surface area contributed by atoms with Gasteiger partial charge >= 0.3 is 0 Å². The molecule has 0 atom stereocenters. The molecule has 0 bridgehead atoms. The predicted octanol–water partition coefficient (Wildman–Crippen LogP) is 2.19. The molecule has 0 aliphatic rings. The summed E-state index contributed by atoms with van der Waals surface area (Å²) in [7, 11) is 0. The van der Waals surface area contributed by atoms with Crippen LogP contribution in [-0.4, -0.2) is 14.8 Å². The second-order valence-electron chi connectivity index (χ2n) is 3.50. The molecule has 0 unspecified atom stereocenters. The van der Waals surface area contributed by atoms with Crippen LogP contribution >= 0.6 is 0 Å². The van der Waals surface area contributed by atoms with Crippen LogP contribution in [0.3, 0.4) is 0 Å². The topological polar surface area (TPSA) is 30.7 Å². The molecular weight excluding hydrogens is 174 g/mol. The first-order valence-corrected chi connectivity index (χ1v) is 4.63. The summed E-state index contributed by atoms with van der Waals surface area (Å²) in [5.41, 5.74) is 4.43. The van der Waals surface area contributed by atoms with E-state index in [2.05, 4.69) is 23.1 Å². The van der Waals surface area contributed by atoms with Gasteiger partial charge in [-0.2, -0.15) is 5.10 Å². The Morgan fingerprint density at radius 1 is 1.21 bits per heavy atom. The molecule has 72 valence electrons. The lowest BCUT2D eigenvalue weighted by atomic mass is 10.2. The maximum absolute atomic E-state index is 4.43. The molecule has 0 fully saturated rings. The van der Waals surface area contributed by atoms with Gasteiger partial charge in [-0.25, -0.2) is 4.68 Å². The van der Waals surface area contributed by atoms with Crippen molar-refractivity contribution in [2.75, 3.05) is 0 Å². The van der Waals surface area contributed by atoms with Gasteiger partial charge in [0.15, 0.2) is 0 Å². The quantitative estimate of drug-likeness (QED) is 0.685. The Labute approximate surface area is 83.4 Å². The van der Waals surface area contributed by atoms with Crippen LogP contribution in [0.4, 0.5) is 0 Å². The molecule has 2 rings (SSSR count). The summed E-state index contributed by atoms with van der Waals surface area (Å²) in [6.45, 7) is 6.10. The lowest BCUT2D eigenvalue weighted by molar-refractivity contribution is 0.824. The normalized spacial score (nSPS) is 10.5. The van der Waals surface area contributed by atoms with Gasteiger partial charge in [0, 0.05) is 18.1 Å². The molecule has 14 heavy (non-hydrogen) atoms. The van der Waals surface area contributed by atoms with Crippen molar-refractivity contribution in [1.82, 2.24) is 14.8 Å². The third-order valence-corrected chi connectivity index (χ3v) is 2.23. The van der Waals surface area contributed by atoms with Crippen LogP contribution in [0, 0.1) is 20.8 Å². The molecule has 0 aromatic carbocycles. The third kappa shape index (κ3) is 1.41. The fraction of sp³-hybridized carbons (Fsp3) is 0.273. The SMILES string of the molecule is Cc1cc(C)n(-c2ccncc2C)n1. The summed E-state index contributed by atoms with van der Waals surface area (Å²) in [6.07, 6.45) is 3.64. The molecule has 2 aromatic heterocycles. The van der Waals surface area contributed by atoms with Crippen molar-refractivity contribution in [1.29, 1.82) is 0 Å². The Kier molecular flexibility index (Phi) is 2.08. The molecular formula is C11H13N3. The molecule has 2 heterocycles. The highest BCUT2D eigenvalue weighted by molar-refractivity contribution is 5.38. The van der Waals surface area contributed by atoms with Gasteiger partial charge in [0.1, 0.15) is 0 Å².